The summed E-state index contributed by atoms with van der Waals surface area (Å²) < 4.78 is 0. The second kappa shape index (κ2) is 5.53. The van der Waals surface area contributed by atoms with Crippen molar-refractivity contribution in [1.29, 1.82) is 0 Å². The van der Waals surface area contributed by atoms with E-state index >= 15 is 0 Å². The van der Waals surface area contributed by atoms with Crippen LogP contribution >= 0.6 is 0 Å². The number of aliphatic hydroxyl groups excluding tert-OH is 1. The molecule has 1 aliphatic rings. The molecule has 1 saturated carbocycles. The lowest BCUT2D eigenvalue weighted by Crippen LogP contribution is -2.35. The molecule has 1 fully saturated rings. The van der Waals surface area contributed by atoms with E-state index in [1.165, 1.54) is 5.56 Å². The van der Waals surface area contributed by atoms with Crippen molar-refractivity contribution in [2.24, 2.45) is 5.92 Å². The fourth-order valence-corrected chi connectivity index (χ4v) is 2.49. The molecule has 0 heterocycles. The van der Waals surface area contributed by atoms with Crippen LogP contribution in [0.1, 0.15) is 31.2 Å². The van der Waals surface area contributed by atoms with Crippen LogP contribution in [0, 0.1) is 12.8 Å². The van der Waals surface area contributed by atoms with Gasteiger partial charge in [0.25, 0.3) is 0 Å². The lowest BCUT2D eigenvalue weighted by molar-refractivity contribution is -0.123. The topological polar surface area (TPSA) is 40.5 Å². The summed E-state index contributed by atoms with van der Waals surface area (Å²) in [7, 11) is 1.83. The number of carbonyl (C=O) groups is 1. The van der Waals surface area contributed by atoms with Gasteiger partial charge in [0.2, 0.25) is 5.91 Å². The number of hydrogen-bond donors (Lipinski definition) is 1. The summed E-state index contributed by atoms with van der Waals surface area (Å²) in [6.07, 6.45) is 2.89. The molecule has 3 heteroatoms. The Bertz CT molecular complexity index is 405. The third-order valence-electron chi connectivity index (χ3n) is 3.80. The predicted molar refractivity (Wildman–Crippen MR) is 72.6 cm³/mol. The third-order valence-corrected chi connectivity index (χ3v) is 3.80. The van der Waals surface area contributed by atoms with Gasteiger partial charge < -0.3 is 10.0 Å². The summed E-state index contributed by atoms with van der Waals surface area (Å²) in [5.41, 5.74) is 2.14. The maximum absolute atomic E-state index is 12.3. The van der Waals surface area contributed by atoms with Gasteiger partial charge in [0.05, 0.1) is 6.10 Å². The number of hydrogen-bond acceptors (Lipinski definition) is 2. The Kier molecular flexibility index (Phi) is 4.02. The Morgan fingerprint density at radius 2 is 1.72 bits per heavy atom. The fourth-order valence-electron chi connectivity index (χ4n) is 2.49. The number of aryl methyl sites for hydroxylation is 1. The SMILES string of the molecule is Cc1ccc(N(C)C(=O)C2CCC(O)CC2)cc1. The molecular weight excluding hydrogens is 226 g/mol. The van der Waals surface area contributed by atoms with Crippen LogP contribution in [0.25, 0.3) is 0 Å². The van der Waals surface area contributed by atoms with Crippen molar-refractivity contribution >= 4 is 11.6 Å². The van der Waals surface area contributed by atoms with Gasteiger partial charge in [-0.3, -0.25) is 4.79 Å². The number of aliphatic hydroxyl groups is 1. The van der Waals surface area contributed by atoms with Crippen molar-refractivity contribution in [3.8, 4) is 0 Å². The Hall–Kier alpha value is -1.35. The molecule has 98 valence electrons. The predicted octanol–water partition coefficient (Wildman–Crippen LogP) is 2.51. The molecule has 0 bridgehead atoms. The Morgan fingerprint density at radius 1 is 1.17 bits per heavy atom. The van der Waals surface area contributed by atoms with E-state index < -0.39 is 0 Å². The van der Waals surface area contributed by atoms with E-state index in [0.29, 0.717) is 0 Å². The van der Waals surface area contributed by atoms with E-state index in [-0.39, 0.29) is 17.9 Å². The highest BCUT2D eigenvalue weighted by Crippen LogP contribution is 2.27. The van der Waals surface area contributed by atoms with Crippen LogP contribution in [0.5, 0.6) is 0 Å². The van der Waals surface area contributed by atoms with Gasteiger partial charge >= 0.3 is 0 Å². The van der Waals surface area contributed by atoms with Crippen LogP contribution in [0.2, 0.25) is 0 Å². The van der Waals surface area contributed by atoms with Crippen molar-refractivity contribution < 1.29 is 9.90 Å². The zero-order valence-corrected chi connectivity index (χ0v) is 11.1. The Balaban J connectivity index is 2.02. The molecule has 0 spiro atoms. The van der Waals surface area contributed by atoms with Crippen molar-refractivity contribution in [3.63, 3.8) is 0 Å². The van der Waals surface area contributed by atoms with E-state index in [9.17, 15) is 9.90 Å². The number of benzene rings is 1. The molecule has 0 aromatic heterocycles. The van der Waals surface area contributed by atoms with Gasteiger partial charge in [-0.25, -0.2) is 0 Å². The summed E-state index contributed by atoms with van der Waals surface area (Å²) in [5.74, 6) is 0.241. The van der Waals surface area contributed by atoms with E-state index in [1.54, 1.807) is 4.90 Å². The average molecular weight is 247 g/mol. The molecular formula is C15H21NO2. The van der Waals surface area contributed by atoms with Crippen LogP contribution in [0.15, 0.2) is 24.3 Å². The van der Waals surface area contributed by atoms with Crippen molar-refractivity contribution in [3.05, 3.63) is 29.8 Å². The molecule has 0 radical (unpaired) electrons. The van der Waals surface area contributed by atoms with Crippen LogP contribution in [-0.4, -0.2) is 24.2 Å². The minimum absolute atomic E-state index is 0.0692. The lowest BCUT2D eigenvalue weighted by Gasteiger charge is -2.28. The fraction of sp³-hybridized carbons (Fsp3) is 0.533. The molecule has 1 amide bonds. The standard InChI is InChI=1S/C15H21NO2/c1-11-3-7-13(8-4-11)16(2)15(18)12-5-9-14(17)10-6-12/h3-4,7-8,12,14,17H,5-6,9-10H2,1-2H3. The van der Waals surface area contributed by atoms with Crippen LogP contribution in [0.4, 0.5) is 5.69 Å². The first-order valence-corrected chi connectivity index (χ1v) is 6.60. The van der Waals surface area contributed by atoms with E-state index in [4.69, 9.17) is 0 Å². The van der Waals surface area contributed by atoms with E-state index in [0.717, 1.165) is 31.4 Å². The molecule has 0 unspecified atom stereocenters. The molecule has 0 aliphatic heterocycles. The molecule has 18 heavy (non-hydrogen) atoms. The summed E-state index contributed by atoms with van der Waals surface area (Å²) in [6.45, 7) is 2.04. The highest BCUT2D eigenvalue weighted by atomic mass is 16.3. The summed E-state index contributed by atoms with van der Waals surface area (Å²) >= 11 is 0. The summed E-state index contributed by atoms with van der Waals surface area (Å²) in [4.78, 5) is 14.1. The molecule has 0 atom stereocenters. The number of anilines is 1. The highest BCUT2D eigenvalue weighted by Gasteiger charge is 2.27. The van der Waals surface area contributed by atoms with Gasteiger partial charge in [-0.15, -0.1) is 0 Å². The molecule has 1 aromatic carbocycles. The lowest BCUT2D eigenvalue weighted by atomic mass is 9.86. The minimum Gasteiger partial charge on any atom is -0.393 e. The highest BCUT2D eigenvalue weighted by molar-refractivity contribution is 5.94. The molecule has 1 N–H and O–H groups in total. The number of amides is 1. The number of carbonyl (C=O) groups excluding carboxylic acids is 1. The summed E-state index contributed by atoms with van der Waals surface area (Å²) in [5, 5.41) is 9.47. The second-order valence-corrected chi connectivity index (χ2v) is 5.24. The summed E-state index contributed by atoms with van der Waals surface area (Å²) in [6, 6.07) is 7.99. The zero-order chi connectivity index (χ0) is 13.1. The van der Waals surface area contributed by atoms with Crippen LogP contribution < -0.4 is 4.90 Å². The molecule has 0 saturated heterocycles. The Morgan fingerprint density at radius 3 is 2.28 bits per heavy atom. The number of rotatable bonds is 2. The smallest absolute Gasteiger partial charge is 0.229 e. The first kappa shape index (κ1) is 13.1. The van der Waals surface area contributed by atoms with Crippen molar-refractivity contribution in [1.82, 2.24) is 0 Å². The molecule has 3 nitrogen and oxygen atoms in total. The van der Waals surface area contributed by atoms with Crippen LogP contribution in [0.3, 0.4) is 0 Å². The monoisotopic (exact) mass is 247 g/mol. The molecule has 2 rings (SSSR count). The maximum atomic E-state index is 12.3. The Labute approximate surface area is 108 Å². The minimum atomic E-state index is -0.210. The third kappa shape index (κ3) is 2.91. The van der Waals surface area contributed by atoms with Gasteiger partial charge in [0.15, 0.2) is 0 Å². The van der Waals surface area contributed by atoms with Gasteiger partial charge in [-0.2, -0.15) is 0 Å². The number of nitrogens with zero attached hydrogens (tertiary/aromatic N) is 1. The normalized spacial score (nSPS) is 23.7. The van der Waals surface area contributed by atoms with Crippen LogP contribution in [-0.2, 0) is 4.79 Å². The van der Waals surface area contributed by atoms with Gasteiger partial charge in [-0.05, 0) is 44.7 Å². The zero-order valence-electron chi connectivity index (χ0n) is 11.1. The molecule has 1 aliphatic carbocycles. The van der Waals surface area contributed by atoms with E-state index in [1.807, 2.05) is 38.2 Å². The van der Waals surface area contributed by atoms with Gasteiger partial charge in [0, 0.05) is 18.7 Å². The maximum Gasteiger partial charge on any atom is 0.229 e. The first-order chi connectivity index (χ1) is 8.58. The first-order valence-electron chi connectivity index (χ1n) is 6.60. The molecule has 1 aromatic rings. The van der Waals surface area contributed by atoms with Gasteiger partial charge in [0.1, 0.15) is 0 Å². The quantitative estimate of drug-likeness (QED) is 0.872. The van der Waals surface area contributed by atoms with Crippen molar-refractivity contribution in [2.75, 3.05) is 11.9 Å². The second-order valence-electron chi connectivity index (χ2n) is 5.24. The van der Waals surface area contributed by atoms with Crippen molar-refractivity contribution in [2.45, 2.75) is 38.7 Å². The van der Waals surface area contributed by atoms with E-state index in [2.05, 4.69) is 0 Å². The average Bonchev–Trinajstić information content (AvgIpc) is 2.39. The van der Waals surface area contributed by atoms with Gasteiger partial charge in [-0.1, -0.05) is 17.7 Å². The largest absolute Gasteiger partial charge is 0.393 e.